The summed E-state index contributed by atoms with van der Waals surface area (Å²) in [5.74, 6) is 1.71. The molecule has 1 aliphatic carbocycles. The van der Waals surface area contributed by atoms with Crippen LogP contribution in [0.2, 0.25) is 0 Å². The number of rotatable bonds is 5. The van der Waals surface area contributed by atoms with E-state index in [1.807, 2.05) is 29.8 Å². The highest BCUT2D eigenvalue weighted by molar-refractivity contribution is 5.72. The first-order valence-electron chi connectivity index (χ1n) is 9.92. The molecule has 0 spiro atoms. The number of nitrogens with zero attached hydrogens (tertiary/aromatic N) is 4. The second-order valence-electron chi connectivity index (χ2n) is 7.77. The number of hydrogen-bond acceptors (Lipinski definition) is 5. The molecule has 0 unspecified atom stereocenters. The fraction of sp³-hybridized carbons (Fsp3) is 0.227. The molecular formula is C22H23N7O. The molecule has 1 fully saturated rings. The van der Waals surface area contributed by atoms with Crippen molar-refractivity contribution in [2.45, 2.75) is 25.8 Å². The summed E-state index contributed by atoms with van der Waals surface area (Å²) in [7, 11) is 2.01. The fourth-order valence-electron chi connectivity index (χ4n) is 3.46. The first kappa shape index (κ1) is 18.2. The Morgan fingerprint density at radius 2 is 2.13 bits per heavy atom. The molecule has 1 aromatic carbocycles. The van der Waals surface area contributed by atoms with Crippen LogP contribution in [0.4, 0.5) is 17.3 Å². The van der Waals surface area contributed by atoms with Crippen molar-refractivity contribution in [1.82, 2.24) is 24.6 Å². The molecule has 3 heterocycles. The predicted octanol–water partition coefficient (Wildman–Crippen LogP) is 1.64. The van der Waals surface area contributed by atoms with Gasteiger partial charge in [-0.05, 0) is 43.5 Å². The van der Waals surface area contributed by atoms with Crippen molar-refractivity contribution in [3.63, 3.8) is 0 Å². The topological polar surface area (TPSA) is 94.1 Å². The first-order valence-corrected chi connectivity index (χ1v) is 9.92. The second kappa shape index (κ2) is 6.91. The van der Waals surface area contributed by atoms with Crippen LogP contribution in [0.1, 0.15) is 24.0 Å². The molecule has 30 heavy (non-hydrogen) atoms. The molecule has 0 saturated heterocycles. The summed E-state index contributed by atoms with van der Waals surface area (Å²) < 4.78 is 1.81. The van der Waals surface area contributed by atoms with Crippen LogP contribution in [-0.4, -0.2) is 37.7 Å². The van der Waals surface area contributed by atoms with Gasteiger partial charge in [0, 0.05) is 30.4 Å². The minimum atomic E-state index is -0.286. The largest absolute Gasteiger partial charge is 0.367 e. The summed E-state index contributed by atoms with van der Waals surface area (Å²) >= 11 is 0. The third-order valence-electron chi connectivity index (χ3n) is 5.29. The van der Waals surface area contributed by atoms with E-state index in [0.717, 1.165) is 35.7 Å². The fourth-order valence-corrected chi connectivity index (χ4v) is 3.46. The lowest BCUT2D eigenvalue weighted by molar-refractivity contribution is 0.919. The van der Waals surface area contributed by atoms with Gasteiger partial charge in [-0.2, -0.15) is 9.61 Å². The highest BCUT2D eigenvalue weighted by Crippen LogP contribution is 2.30. The van der Waals surface area contributed by atoms with Crippen molar-refractivity contribution in [2.75, 3.05) is 17.3 Å². The molecule has 152 valence electrons. The summed E-state index contributed by atoms with van der Waals surface area (Å²) in [6.45, 7) is 5.95. The molecule has 8 nitrogen and oxygen atoms in total. The van der Waals surface area contributed by atoms with Gasteiger partial charge in [0.1, 0.15) is 11.6 Å². The third kappa shape index (κ3) is 3.36. The van der Waals surface area contributed by atoms with Crippen LogP contribution < -0.4 is 26.6 Å². The van der Waals surface area contributed by atoms with E-state index in [-0.39, 0.29) is 5.69 Å². The van der Waals surface area contributed by atoms with Gasteiger partial charge in [0.15, 0.2) is 5.65 Å². The predicted molar refractivity (Wildman–Crippen MR) is 119 cm³/mol. The number of aromatic amines is 2. The van der Waals surface area contributed by atoms with Crippen LogP contribution in [0.3, 0.4) is 0 Å². The van der Waals surface area contributed by atoms with Gasteiger partial charge in [0.05, 0.1) is 16.9 Å². The zero-order valence-corrected chi connectivity index (χ0v) is 16.9. The quantitative estimate of drug-likeness (QED) is 0.473. The van der Waals surface area contributed by atoms with Gasteiger partial charge < -0.3 is 20.2 Å². The average Bonchev–Trinajstić information content (AvgIpc) is 3.35. The summed E-state index contributed by atoms with van der Waals surface area (Å²) in [4.78, 5) is 23.9. The number of benzene rings is 1. The summed E-state index contributed by atoms with van der Waals surface area (Å²) in [6.07, 6.45) is 5.90. The molecule has 0 bridgehead atoms. The van der Waals surface area contributed by atoms with Crippen LogP contribution in [0.5, 0.6) is 0 Å². The molecule has 3 aromatic heterocycles. The Balaban J connectivity index is 1.68. The summed E-state index contributed by atoms with van der Waals surface area (Å²) in [5, 5.41) is 9.24. The number of H-pyrrole nitrogens is 2. The van der Waals surface area contributed by atoms with Crippen LogP contribution in [-0.2, 0) is 0 Å². The Labute approximate surface area is 172 Å². The molecule has 4 aromatic rings. The van der Waals surface area contributed by atoms with Crippen molar-refractivity contribution >= 4 is 35.6 Å². The minimum absolute atomic E-state index is 0.286. The zero-order valence-electron chi connectivity index (χ0n) is 16.9. The Bertz CT molecular complexity index is 1410. The number of aromatic nitrogens is 5. The van der Waals surface area contributed by atoms with Gasteiger partial charge in [0.25, 0.3) is 0 Å². The van der Waals surface area contributed by atoms with Gasteiger partial charge in [-0.15, -0.1) is 0 Å². The number of nitrogens with one attached hydrogen (secondary N) is 3. The molecule has 8 heteroatoms. The maximum Gasteiger partial charge on any atom is 0.323 e. The number of imidazole rings is 1. The summed E-state index contributed by atoms with van der Waals surface area (Å²) in [6, 6.07) is 10.8. The van der Waals surface area contributed by atoms with Gasteiger partial charge in [-0.1, -0.05) is 18.7 Å². The zero-order chi connectivity index (χ0) is 20.8. The maximum absolute atomic E-state index is 11.6. The number of anilines is 3. The highest BCUT2D eigenvalue weighted by Gasteiger charge is 2.23. The Hall–Kier alpha value is -3.81. The molecule has 0 amide bonds. The third-order valence-corrected chi connectivity index (χ3v) is 5.29. The van der Waals surface area contributed by atoms with Crippen LogP contribution >= 0.6 is 0 Å². The Kier molecular flexibility index (Phi) is 4.20. The minimum Gasteiger partial charge on any atom is -0.367 e. The number of fused-ring (bicyclic) bond motifs is 1. The molecule has 1 saturated carbocycles. The molecule has 1 aliphatic rings. The normalized spacial score (nSPS) is 14.4. The average molecular weight is 401 g/mol. The smallest absolute Gasteiger partial charge is 0.323 e. The molecule has 0 radical (unpaired) electrons. The van der Waals surface area contributed by atoms with E-state index in [9.17, 15) is 4.79 Å². The van der Waals surface area contributed by atoms with E-state index in [0.29, 0.717) is 22.4 Å². The maximum atomic E-state index is 11.6. The van der Waals surface area contributed by atoms with Gasteiger partial charge in [-0.25, -0.2) is 9.78 Å². The molecule has 0 atom stereocenters. The first-order chi connectivity index (χ1) is 14.5. The van der Waals surface area contributed by atoms with E-state index in [1.165, 1.54) is 5.56 Å². The van der Waals surface area contributed by atoms with Crippen molar-refractivity contribution in [3.8, 4) is 0 Å². The van der Waals surface area contributed by atoms with Gasteiger partial charge >= 0.3 is 5.69 Å². The lowest BCUT2D eigenvalue weighted by Crippen LogP contribution is -2.22. The standard InChI is InChI=1S/C22H23N7O/c1-13-5-4-6-17(9-13)28(3)19-11-20(25-16-7-8-16)29-21(27-19)15(12-23-29)10-18-14(2)24-22(30)26-18/h4-6,9-12,16,25H,2,7-8H2,1,3H3,(H2,24,26,30)/b18-10-. The van der Waals surface area contributed by atoms with E-state index in [1.54, 1.807) is 6.20 Å². The molecule has 3 N–H and O–H groups in total. The van der Waals surface area contributed by atoms with Gasteiger partial charge in [-0.3, -0.25) is 0 Å². The van der Waals surface area contributed by atoms with Crippen molar-refractivity contribution in [3.05, 3.63) is 68.8 Å². The Morgan fingerprint density at radius 1 is 1.30 bits per heavy atom. The van der Waals surface area contributed by atoms with Crippen LogP contribution in [0, 0.1) is 6.92 Å². The van der Waals surface area contributed by atoms with Crippen molar-refractivity contribution in [1.29, 1.82) is 0 Å². The lowest BCUT2D eigenvalue weighted by atomic mass is 10.2. The second-order valence-corrected chi connectivity index (χ2v) is 7.77. The molecule has 5 rings (SSSR count). The van der Waals surface area contributed by atoms with Gasteiger partial charge in [0.2, 0.25) is 0 Å². The molecule has 0 aliphatic heterocycles. The van der Waals surface area contributed by atoms with E-state index in [2.05, 4.69) is 57.0 Å². The van der Waals surface area contributed by atoms with Crippen molar-refractivity contribution in [2.24, 2.45) is 0 Å². The SMILES string of the molecule is C=c1[nH]c(=O)[nH]/c1=C\c1cnn2c(NC3CC3)cc(N(C)c3cccc(C)c3)nc12. The van der Waals surface area contributed by atoms with Crippen molar-refractivity contribution < 1.29 is 0 Å². The van der Waals surface area contributed by atoms with Crippen LogP contribution in [0.15, 0.2) is 41.3 Å². The number of hydrogen-bond donors (Lipinski definition) is 3. The number of aryl methyl sites for hydroxylation is 1. The highest BCUT2D eigenvalue weighted by atomic mass is 16.1. The van der Waals surface area contributed by atoms with E-state index < -0.39 is 0 Å². The lowest BCUT2D eigenvalue weighted by Gasteiger charge is -2.20. The Morgan fingerprint density at radius 3 is 2.83 bits per heavy atom. The summed E-state index contributed by atoms with van der Waals surface area (Å²) in [5.41, 5.74) is 3.47. The molecular weight excluding hydrogens is 378 g/mol. The van der Waals surface area contributed by atoms with E-state index >= 15 is 0 Å². The van der Waals surface area contributed by atoms with E-state index in [4.69, 9.17) is 4.98 Å². The van der Waals surface area contributed by atoms with Crippen LogP contribution in [0.25, 0.3) is 18.3 Å². The monoisotopic (exact) mass is 401 g/mol.